The quantitative estimate of drug-likeness (QED) is 0.422. The SMILES string of the molecule is CCNCC(C)C1=CC=C(NC(=O)c2cnc(C)c(Nc3nccc(-c4cccnc4)n3)c2)CC1. The molecular formula is C27H31N7O. The zero-order valence-electron chi connectivity index (χ0n) is 20.4. The van der Waals surface area contributed by atoms with E-state index >= 15 is 0 Å². The van der Waals surface area contributed by atoms with Gasteiger partial charge in [-0.15, -0.1) is 0 Å². The molecule has 1 aliphatic carbocycles. The molecule has 0 bridgehead atoms. The number of carbonyl (C=O) groups excluding carboxylic acids is 1. The van der Waals surface area contributed by atoms with Crippen molar-refractivity contribution in [2.75, 3.05) is 18.4 Å². The average molecular weight is 470 g/mol. The lowest BCUT2D eigenvalue weighted by Gasteiger charge is -2.21. The first-order chi connectivity index (χ1) is 17.0. The van der Waals surface area contributed by atoms with E-state index in [-0.39, 0.29) is 5.91 Å². The van der Waals surface area contributed by atoms with E-state index < -0.39 is 0 Å². The van der Waals surface area contributed by atoms with Gasteiger partial charge in [-0.25, -0.2) is 9.97 Å². The van der Waals surface area contributed by atoms with Gasteiger partial charge in [0.25, 0.3) is 5.91 Å². The second-order valence-electron chi connectivity index (χ2n) is 8.59. The van der Waals surface area contributed by atoms with Gasteiger partial charge in [0, 0.05) is 42.6 Å². The van der Waals surface area contributed by atoms with Gasteiger partial charge in [0.1, 0.15) is 0 Å². The molecule has 0 saturated heterocycles. The molecule has 1 amide bonds. The highest BCUT2D eigenvalue weighted by molar-refractivity contribution is 5.96. The maximum absolute atomic E-state index is 12.9. The monoisotopic (exact) mass is 469 g/mol. The number of pyridine rings is 2. The van der Waals surface area contributed by atoms with Gasteiger partial charge in [0.2, 0.25) is 5.95 Å². The summed E-state index contributed by atoms with van der Waals surface area (Å²) in [5.41, 5.74) is 5.87. The smallest absolute Gasteiger partial charge is 0.257 e. The molecule has 1 unspecified atom stereocenters. The molecule has 3 aromatic rings. The first-order valence-corrected chi connectivity index (χ1v) is 11.9. The van der Waals surface area contributed by atoms with E-state index in [1.807, 2.05) is 31.2 Å². The number of amides is 1. The van der Waals surface area contributed by atoms with Crippen LogP contribution in [-0.4, -0.2) is 38.9 Å². The molecule has 8 nitrogen and oxygen atoms in total. The second-order valence-corrected chi connectivity index (χ2v) is 8.59. The van der Waals surface area contributed by atoms with E-state index in [4.69, 9.17) is 0 Å². The van der Waals surface area contributed by atoms with Crippen LogP contribution < -0.4 is 16.0 Å². The van der Waals surface area contributed by atoms with Crippen LogP contribution in [0.2, 0.25) is 0 Å². The largest absolute Gasteiger partial charge is 0.326 e. The first kappa shape index (κ1) is 24.2. The molecule has 0 spiro atoms. The summed E-state index contributed by atoms with van der Waals surface area (Å²) in [5.74, 6) is 0.722. The molecule has 3 heterocycles. The van der Waals surface area contributed by atoms with Crippen molar-refractivity contribution < 1.29 is 4.79 Å². The molecule has 1 aliphatic rings. The molecule has 0 fully saturated rings. The van der Waals surface area contributed by atoms with Crippen molar-refractivity contribution >= 4 is 17.5 Å². The highest BCUT2D eigenvalue weighted by Crippen LogP contribution is 2.24. The number of nitrogens with one attached hydrogen (secondary N) is 3. The maximum Gasteiger partial charge on any atom is 0.257 e. The zero-order valence-corrected chi connectivity index (χ0v) is 20.4. The van der Waals surface area contributed by atoms with Crippen LogP contribution in [0.3, 0.4) is 0 Å². The summed E-state index contributed by atoms with van der Waals surface area (Å²) in [6.07, 6.45) is 12.7. The van der Waals surface area contributed by atoms with Gasteiger partial charge in [0.15, 0.2) is 0 Å². The summed E-state index contributed by atoms with van der Waals surface area (Å²) < 4.78 is 0. The number of nitrogens with zero attached hydrogens (tertiary/aromatic N) is 4. The third-order valence-corrected chi connectivity index (χ3v) is 6.00. The van der Waals surface area contributed by atoms with Crippen LogP contribution in [0.1, 0.15) is 42.7 Å². The first-order valence-electron chi connectivity index (χ1n) is 11.9. The lowest BCUT2D eigenvalue weighted by molar-refractivity contribution is 0.0964. The van der Waals surface area contributed by atoms with Crippen LogP contribution in [0.25, 0.3) is 11.3 Å². The Kier molecular flexibility index (Phi) is 7.95. The summed E-state index contributed by atoms with van der Waals surface area (Å²) in [4.78, 5) is 30.4. The third kappa shape index (κ3) is 6.36. The Labute approximate surface area is 206 Å². The molecule has 4 rings (SSSR count). The zero-order chi connectivity index (χ0) is 24.6. The molecule has 0 saturated carbocycles. The van der Waals surface area contributed by atoms with Crippen molar-refractivity contribution in [3.63, 3.8) is 0 Å². The topological polar surface area (TPSA) is 105 Å². The minimum Gasteiger partial charge on any atom is -0.326 e. The van der Waals surface area contributed by atoms with Gasteiger partial charge in [-0.1, -0.05) is 25.5 Å². The summed E-state index contributed by atoms with van der Waals surface area (Å²) >= 11 is 0. The Morgan fingerprint density at radius 2 is 2.00 bits per heavy atom. The molecule has 0 radical (unpaired) electrons. The number of allylic oxidation sites excluding steroid dienone is 3. The molecule has 3 N–H and O–H groups in total. The minimum absolute atomic E-state index is 0.186. The molecule has 8 heteroatoms. The van der Waals surface area contributed by atoms with Crippen LogP contribution in [0, 0.1) is 12.8 Å². The standard InChI is InChI=1S/C27H31N7O/c1-4-28-15-18(2)20-7-9-23(10-8-20)32-26(35)22-14-25(19(3)31-17-22)34-27-30-13-11-24(33-27)21-6-5-12-29-16-21/h5-7,9,11-14,16-18,28H,4,8,10,15H2,1-3H3,(H,32,35)(H,30,33,34). The molecule has 0 aromatic carbocycles. The summed E-state index contributed by atoms with van der Waals surface area (Å²) in [6.45, 7) is 8.16. The number of hydrogen-bond acceptors (Lipinski definition) is 7. The normalized spacial score (nSPS) is 14.0. The highest BCUT2D eigenvalue weighted by atomic mass is 16.1. The fourth-order valence-electron chi connectivity index (χ4n) is 3.88. The molecule has 0 aliphatic heterocycles. The fourth-order valence-corrected chi connectivity index (χ4v) is 3.88. The lowest BCUT2D eigenvalue weighted by atomic mass is 9.92. The number of aromatic nitrogens is 4. The number of hydrogen-bond donors (Lipinski definition) is 3. The van der Waals surface area contributed by atoms with Crippen molar-refractivity contribution in [3.05, 3.63) is 83.7 Å². The van der Waals surface area contributed by atoms with Crippen molar-refractivity contribution in [2.45, 2.75) is 33.6 Å². The van der Waals surface area contributed by atoms with Crippen molar-refractivity contribution in [1.29, 1.82) is 0 Å². The van der Waals surface area contributed by atoms with Gasteiger partial charge in [0.05, 0.1) is 22.6 Å². The van der Waals surface area contributed by atoms with Crippen LogP contribution in [0.5, 0.6) is 0 Å². The molecule has 1 atom stereocenters. The third-order valence-electron chi connectivity index (χ3n) is 6.00. The van der Waals surface area contributed by atoms with Gasteiger partial charge >= 0.3 is 0 Å². The number of aryl methyl sites for hydroxylation is 1. The number of anilines is 2. The van der Waals surface area contributed by atoms with E-state index in [1.54, 1.807) is 30.9 Å². The fraction of sp³-hybridized carbons (Fsp3) is 0.296. The van der Waals surface area contributed by atoms with Crippen LogP contribution in [0.15, 0.2) is 72.5 Å². The summed E-state index contributed by atoms with van der Waals surface area (Å²) in [6, 6.07) is 7.41. The second kappa shape index (κ2) is 11.5. The predicted molar refractivity (Wildman–Crippen MR) is 138 cm³/mol. The number of carbonyl (C=O) groups is 1. The summed E-state index contributed by atoms with van der Waals surface area (Å²) in [7, 11) is 0. The van der Waals surface area contributed by atoms with E-state index in [0.29, 0.717) is 23.1 Å². The van der Waals surface area contributed by atoms with E-state index in [2.05, 4.69) is 55.8 Å². The summed E-state index contributed by atoms with van der Waals surface area (Å²) in [5, 5.41) is 9.63. The molecule has 35 heavy (non-hydrogen) atoms. The average Bonchev–Trinajstić information content (AvgIpc) is 2.89. The van der Waals surface area contributed by atoms with Crippen LogP contribution >= 0.6 is 0 Å². The van der Waals surface area contributed by atoms with Crippen molar-refractivity contribution in [2.24, 2.45) is 5.92 Å². The van der Waals surface area contributed by atoms with Crippen molar-refractivity contribution in [1.82, 2.24) is 30.6 Å². The van der Waals surface area contributed by atoms with Gasteiger partial charge in [-0.3, -0.25) is 14.8 Å². The lowest BCUT2D eigenvalue weighted by Crippen LogP contribution is -2.26. The van der Waals surface area contributed by atoms with Crippen LogP contribution in [0.4, 0.5) is 11.6 Å². The van der Waals surface area contributed by atoms with E-state index in [0.717, 1.165) is 48.6 Å². The Hall–Kier alpha value is -3.91. The Balaban J connectivity index is 1.45. The van der Waals surface area contributed by atoms with Crippen molar-refractivity contribution in [3.8, 4) is 11.3 Å². The maximum atomic E-state index is 12.9. The Bertz CT molecular complexity index is 1240. The van der Waals surface area contributed by atoms with E-state index in [9.17, 15) is 4.79 Å². The van der Waals surface area contributed by atoms with Crippen LogP contribution in [-0.2, 0) is 0 Å². The minimum atomic E-state index is -0.186. The van der Waals surface area contributed by atoms with E-state index in [1.165, 1.54) is 5.57 Å². The predicted octanol–water partition coefficient (Wildman–Crippen LogP) is 4.57. The molecule has 180 valence electrons. The van der Waals surface area contributed by atoms with Gasteiger partial charge < -0.3 is 16.0 Å². The molecule has 3 aromatic heterocycles. The molecular weight excluding hydrogens is 438 g/mol. The number of rotatable bonds is 9. The Morgan fingerprint density at radius 3 is 2.74 bits per heavy atom. The van der Waals surface area contributed by atoms with Gasteiger partial charge in [-0.05, 0) is 62.6 Å². The highest BCUT2D eigenvalue weighted by Gasteiger charge is 2.16. The van der Waals surface area contributed by atoms with Gasteiger partial charge in [-0.2, -0.15) is 0 Å². The Morgan fingerprint density at radius 1 is 1.11 bits per heavy atom.